The number of aromatic nitrogens is 2. The molecule has 1 heterocycles. The number of carbonyl (C=O) groups is 6. The molecule has 4 unspecified atom stereocenters. The van der Waals surface area contributed by atoms with Crippen molar-refractivity contribution in [3.05, 3.63) is 18.2 Å². The maximum Gasteiger partial charge on any atom is 0.326 e. The molecule has 0 aromatic carbocycles. The van der Waals surface area contributed by atoms with Gasteiger partial charge in [-0.2, -0.15) is 0 Å². The molecule has 39 heavy (non-hydrogen) atoms. The fraction of sp³-hybridized carbons (Fsp3) is 0.524. The van der Waals surface area contributed by atoms with E-state index < -0.39 is 79.0 Å². The number of carbonyl (C=O) groups excluding carboxylic acids is 4. The molecule has 0 aliphatic rings. The van der Waals surface area contributed by atoms with Crippen LogP contribution in [0.4, 0.5) is 0 Å². The van der Waals surface area contributed by atoms with Crippen molar-refractivity contribution < 1.29 is 39.0 Å². The first-order valence-corrected chi connectivity index (χ1v) is 11.7. The lowest BCUT2D eigenvalue weighted by atomic mass is 10.1. The van der Waals surface area contributed by atoms with Crippen LogP contribution in [-0.2, 0) is 35.2 Å². The Kier molecular flexibility index (Phi) is 13.4. The molecule has 4 atom stereocenters. The van der Waals surface area contributed by atoms with Gasteiger partial charge < -0.3 is 54.1 Å². The molecular formula is C21H34N10O8. The van der Waals surface area contributed by atoms with Crippen LogP contribution in [0.3, 0.4) is 0 Å². The van der Waals surface area contributed by atoms with Crippen molar-refractivity contribution in [2.45, 2.75) is 62.7 Å². The minimum Gasteiger partial charge on any atom is -0.481 e. The second-order valence-corrected chi connectivity index (χ2v) is 8.46. The van der Waals surface area contributed by atoms with Crippen molar-refractivity contribution in [2.24, 2.45) is 27.9 Å². The fourth-order valence-electron chi connectivity index (χ4n) is 3.26. The number of amides is 4. The Hall–Kier alpha value is -4.74. The van der Waals surface area contributed by atoms with Gasteiger partial charge in [-0.3, -0.25) is 29.0 Å². The van der Waals surface area contributed by atoms with Crippen LogP contribution in [-0.4, -0.2) is 92.4 Å². The van der Waals surface area contributed by atoms with E-state index in [2.05, 4.69) is 30.9 Å². The minimum atomic E-state index is -1.54. The fourth-order valence-corrected chi connectivity index (χ4v) is 3.26. The lowest BCUT2D eigenvalue weighted by molar-refractivity contribution is -0.143. The van der Waals surface area contributed by atoms with Crippen LogP contribution in [0.25, 0.3) is 0 Å². The largest absolute Gasteiger partial charge is 0.481 e. The van der Waals surface area contributed by atoms with E-state index in [0.717, 1.165) is 0 Å². The van der Waals surface area contributed by atoms with E-state index in [4.69, 9.17) is 28.0 Å². The van der Waals surface area contributed by atoms with E-state index in [9.17, 15) is 33.9 Å². The SMILES string of the molecule is NC(=O)CC(N)C(=O)NC(Cc1cnc[nH]1)C(=O)NC(CCCN=C(N)N)C(=O)NC(CCC(=O)O)C(=O)O. The average Bonchev–Trinajstić information content (AvgIpc) is 3.35. The summed E-state index contributed by atoms with van der Waals surface area (Å²) in [5.74, 6) is -6.38. The number of aliphatic carboxylic acids is 2. The number of carboxylic acid groups (broad SMARTS) is 2. The summed E-state index contributed by atoms with van der Waals surface area (Å²) < 4.78 is 0. The van der Waals surface area contributed by atoms with Crippen LogP contribution < -0.4 is 38.9 Å². The summed E-state index contributed by atoms with van der Waals surface area (Å²) in [6.07, 6.45) is 1.36. The van der Waals surface area contributed by atoms with Gasteiger partial charge in [-0.05, 0) is 19.3 Å². The van der Waals surface area contributed by atoms with Crippen molar-refractivity contribution in [3.8, 4) is 0 Å². The Balaban J connectivity index is 3.11. The Morgan fingerprint density at radius 3 is 2.08 bits per heavy atom. The quantitative estimate of drug-likeness (QED) is 0.0467. The van der Waals surface area contributed by atoms with Gasteiger partial charge in [-0.1, -0.05) is 0 Å². The first kappa shape index (κ1) is 32.3. The number of primary amides is 1. The van der Waals surface area contributed by atoms with Crippen LogP contribution in [0.2, 0.25) is 0 Å². The Bertz CT molecular complexity index is 1040. The van der Waals surface area contributed by atoms with Gasteiger partial charge in [0.15, 0.2) is 5.96 Å². The number of nitrogens with zero attached hydrogens (tertiary/aromatic N) is 2. The van der Waals surface area contributed by atoms with Gasteiger partial charge in [0.2, 0.25) is 23.6 Å². The molecule has 1 aromatic heterocycles. The Morgan fingerprint density at radius 2 is 1.54 bits per heavy atom. The highest BCUT2D eigenvalue weighted by Gasteiger charge is 2.31. The number of aliphatic imine (C=N–C) groups is 1. The predicted octanol–water partition coefficient (Wildman–Crippen LogP) is -4.39. The van der Waals surface area contributed by atoms with Crippen molar-refractivity contribution in [3.63, 3.8) is 0 Å². The van der Waals surface area contributed by atoms with Gasteiger partial charge in [-0.15, -0.1) is 0 Å². The van der Waals surface area contributed by atoms with Crippen LogP contribution >= 0.6 is 0 Å². The third kappa shape index (κ3) is 12.9. The molecule has 0 aliphatic heterocycles. The number of rotatable bonds is 18. The predicted molar refractivity (Wildman–Crippen MR) is 134 cm³/mol. The van der Waals surface area contributed by atoms with Crippen LogP contribution in [0.5, 0.6) is 0 Å². The number of imidazole rings is 1. The monoisotopic (exact) mass is 554 g/mol. The Labute approximate surface area is 222 Å². The second kappa shape index (κ2) is 16.2. The highest BCUT2D eigenvalue weighted by atomic mass is 16.4. The van der Waals surface area contributed by atoms with Gasteiger partial charge in [0.25, 0.3) is 0 Å². The standard InChI is InChI=1S/C21H34N10O8/c22-11(7-15(23)32)17(35)31-14(6-10-8-26-9-28-10)19(37)29-12(2-1-5-27-21(24)25)18(36)30-13(20(38)39)3-4-16(33)34/h8-9,11-14H,1-7,22H2,(H2,23,32)(H,26,28)(H,29,37)(H,30,36)(H,31,35)(H,33,34)(H,38,39)(H4,24,25,27). The summed E-state index contributed by atoms with van der Waals surface area (Å²) in [4.78, 5) is 82.6. The van der Waals surface area contributed by atoms with Crippen molar-refractivity contribution >= 4 is 41.5 Å². The summed E-state index contributed by atoms with van der Waals surface area (Å²) in [5.41, 5.74) is 21.8. The lowest BCUT2D eigenvalue weighted by Crippen LogP contribution is -2.57. The topological polar surface area (TPSA) is 324 Å². The second-order valence-electron chi connectivity index (χ2n) is 8.46. The van der Waals surface area contributed by atoms with Gasteiger partial charge in [0.1, 0.15) is 18.1 Å². The van der Waals surface area contributed by atoms with Crippen molar-refractivity contribution in [1.29, 1.82) is 0 Å². The van der Waals surface area contributed by atoms with Gasteiger partial charge >= 0.3 is 11.9 Å². The molecule has 0 spiro atoms. The van der Waals surface area contributed by atoms with Crippen LogP contribution in [0, 0.1) is 0 Å². The highest BCUT2D eigenvalue weighted by Crippen LogP contribution is 2.06. The molecule has 18 heteroatoms. The van der Waals surface area contributed by atoms with E-state index in [-0.39, 0.29) is 31.8 Å². The summed E-state index contributed by atoms with van der Waals surface area (Å²) in [6, 6.07) is -5.51. The number of hydrogen-bond acceptors (Lipinski definition) is 9. The third-order valence-electron chi connectivity index (χ3n) is 5.21. The summed E-state index contributed by atoms with van der Waals surface area (Å²) in [6.45, 7) is 0.0830. The molecule has 0 aliphatic carbocycles. The number of hydrogen-bond donors (Lipinski definition) is 10. The number of carboxylic acids is 2. The van der Waals surface area contributed by atoms with Crippen LogP contribution in [0.15, 0.2) is 17.5 Å². The number of H-pyrrole nitrogens is 1. The van der Waals surface area contributed by atoms with Crippen molar-refractivity contribution in [2.75, 3.05) is 6.54 Å². The first-order chi connectivity index (χ1) is 18.3. The molecule has 18 nitrogen and oxygen atoms in total. The Morgan fingerprint density at radius 1 is 0.923 bits per heavy atom. The zero-order valence-corrected chi connectivity index (χ0v) is 21.0. The maximum absolute atomic E-state index is 13.2. The average molecular weight is 555 g/mol. The first-order valence-electron chi connectivity index (χ1n) is 11.7. The number of guanidine groups is 1. The highest BCUT2D eigenvalue weighted by molar-refractivity contribution is 5.95. The summed E-state index contributed by atoms with van der Waals surface area (Å²) >= 11 is 0. The van der Waals surface area contributed by atoms with E-state index >= 15 is 0 Å². The summed E-state index contributed by atoms with van der Waals surface area (Å²) in [5, 5.41) is 25.3. The van der Waals surface area contributed by atoms with E-state index in [1.807, 2.05) is 0 Å². The molecule has 0 saturated heterocycles. The number of aromatic amines is 1. The van der Waals surface area contributed by atoms with Gasteiger partial charge in [0, 0.05) is 31.3 Å². The molecule has 14 N–H and O–H groups in total. The van der Waals surface area contributed by atoms with E-state index in [0.29, 0.717) is 5.69 Å². The molecule has 1 aromatic rings. The molecule has 1 rings (SSSR count). The van der Waals surface area contributed by atoms with Gasteiger partial charge in [0.05, 0.1) is 18.8 Å². The number of nitrogens with one attached hydrogen (secondary N) is 4. The van der Waals surface area contributed by atoms with E-state index in [1.54, 1.807) is 0 Å². The summed E-state index contributed by atoms with van der Waals surface area (Å²) in [7, 11) is 0. The molecule has 0 radical (unpaired) electrons. The van der Waals surface area contributed by atoms with E-state index in [1.165, 1.54) is 12.5 Å². The lowest BCUT2D eigenvalue weighted by Gasteiger charge is -2.25. The normalized spacial score (nSPS) is 13.7. The molecule has 216 valence electrons. The molecule has 4 amide bonds. The van der Waals surface area contributed by atoms with Gasteiger partial charge in [-0.25, -0.2) is 9.78 Å². The maximum atomic E-state index is 13.2. The molecular weight excluding hydrogens is 520 g/mol. The zero-order chi connectivity index (χ0) is 29.5. The molecule has 0 fully saturated rings. The molecule has 0 bridgehead atoms. The zero-order valence-electron chi connectivity index (χ0n) is 21.0. The number of nitrogens with two attached hydrogens (primary N) is 4. The van der Waals surface area contributed by atoms with Crippen molar-refractivity contribution in [1.82, 2.24) is 25.9 Å². The minimum absolute atomic E-state index is 0.0501. The van der Waals surface area contributed by atoms with Crippen LogP contribution in [0.1, 0.15) is 37.8 Å². The molecule has 0 saturated carbocycles. The smallest absolute Gasteiger partial charge is 0.326 e. The third-order valence-corrected chi connectivity index (χ3v) is 5.21.